The quantitative estimate of drug-likeness (QED) is 0.778. The van der Waals surface area contributed by atoms with Gasteiger partial charge in [0.15, 0.2) is 0 Å². The second-order valence-electron chi connectivity index (χ2n) is 4.98. The number of carbonyl (C=O) groups excluding carboxylic acids is 1. The minimum atomic E-state index is -0.627. The van der Waals surface area contributed by atoms with Crippen molar-refractivity contribution in [2.75, 3.05) is 5.32 Å². The number of hydrogen-bond acceptors (Lipinski definition) is 4. The summed E-state index contributed by atoms with van der Waals surface area (Å²) in [5.74, 6) is -1.03. The number of aromatic nitrogens is 4. The molecule has 1 N–H and O–H groups in total. The summed E-state index contributed by atoms with van der Waals surface area (Å²) in [4.78, 5) is 12.6. The molecule has 0 bridgehead atoms. The Labute approximate surface area is 131 Å². The highest BCUT2D eigenvalue weighted by Gasteiger charge is 2.21. The Kier molecular flexibility index (Phi) is 4.37. The molecular weight excluding hydrogens is 297 g/mol. The summed E-state index contributed by atoms with van der Waals surface area (Å²) in [5.41, 5.74) is 1.47. The average Bonchev–Trinajstić information content (AvgIpc) is 3.10. The van der Waals surface area contributed by atoms with Crippen LogP contribution >= 0.6 is 0 Å². The average molecular weight is 310 g/mol. The van der Waals surface area contributed by atoms with Crippen LogP contribution in [0, 0.1) is 5.82 Å². The normalized spacial score (nSPS) is 11.9. The highest BCUT2D eigenvalue weighted by Crippen LogP contribution is 2.19. The van der Waals surface area contributed by atoms with E-state index < -0.39 is 5.92 Å². The van der Waals surface area contributed by atoms with Gasteiger partial charge in [0.05, 0.1) is 5.92 Å². The number of rotatable bonds is 5. The maximum absolute atomic E-state index is 12.9. The van der Waals surface area contributed by atoms with E-state index in [0.717, 1.165) is 5.56 Å². The molecule has 0 spiro atoms. The van der Waals surface area contributed by atoms with Gasteiger partial charge in [0, 0.05) is 11.5 Å². The van der Waals surface area contributed by atoms with Gasteiger partial charge < -0.3 is 10.4 Å². The predicted molar refractivity (Wildman–Crippen MR) is 81.1 cm³/mol. The third-order valence-electron chi connectivity index (χ3n) is 3.36. The molecular formula is C16H13FN5O-. The molecule has 1 aromatic heterocycles. The molecule has 1 heterocycles. The van der Waals surface area contributed by atoms with E-state index in [1.54, 1.807) is 0 Å². The third kappa shape index (κ3) is 3.76. The molecule has 0 aliphatic rings. The van der Waals surface area contributed by atoms with E-state index in [9.17, 15) is 9.18 Å². The van der Waals surface area contributed by atoms with Crippen LogP contribution in [0.4, 0.5) is 10.1 Å². The molecule has 0 aliphatic carbocycles. The highest BCUT2D eigenvalue weighted by atomic mass is 19.1. The Bertz CT molecular complexity index is 759. The largest absolute Gasteiger partial charge is 0.335 e. The van der Waals surface area contributed by atoms with E-state index in [1.807, 2.05) is 30.3 Å². The van der Waals surface area contributed by atoms with Crippen molar-refractivity contribution in [2.24, 2.45) is 0 Å². The van der Waals surface area contributed by atoms with Crippen molar-refractivity contribution < 1.29 is 9.18 Å². The van der Waals surface area contributed by atoms with E-state index >= 15 is 0 Å². The zero-order chi connectivity index (χ0) is 16.1. The van der Waals surface area contributed by atoms with Crippen molar-refractivity contribution in [3.63, 3.8) is 0 Å². The number of hydrogen-bond donors (Lipinski definition) is 1. The Morgan fingerprint density at radius 1 is 1.13 bits per heavy atom. The first-order valence-corrected chi connectivity index (χ1v) is 7.01. The maximum atomic E-state index is 12.9. The topological polar surface area (TPSA) is 81.9 Å². The standard InChI is InChI=1S/C16H14FN5O/c17-12-6-8-13(9-7-12)18-16(23)14(15-19-21-22-20-15)10-11-4-2-1-3-5-11/h1-9,14H,10H2,(H2,18,19,20,21,22,23)/p-1/t14-/m0/s1. The maximum Gasteiger partial charge on any atom is 0.232 e. The first-order valence-electron chi connectivity index (χ1n) is 7.01. The van der Waals surface area contributed by atoms with Crippen molar-refractivity contribution in [1.82, 2.24) is 20.6 Å². The van der Waals surface area contributed by atoms with Crippen LogP contribution in [-0.2, 0) is 11.2 Å². The van der Waals surface area contributed by atoms with Gasteiger partial charge in [-0.3, -0.25) is 15.1 Å². The molecule has 0 radical (unpaired) electrons. The number of amides is 1. The van der Waals surface area contributed by atoms with Gasteiger partial charge in [-0.15, -0.1) is 0 Å². The van der Waals surface area contributed by atoms with Gasteiger partial charge in [-0.2, -0.15) is 5.21 Å². The summed E-state index contributed by atoms with van der Waals surface area (Å²) >= 11 is 0. The van der Waals surface area contributed by atoms with E-state index in [2.05, 4.69) is 25.9 Å². The van der Waals surface area contributed by atoms with E-state index in [0.29, 0.717) is 12.1 Å². The number of anilines is 1. The molecule has 0 aliphatic heterocycles. The monoisotopic (exact) mass is 310 g/mol. The second-order valence-corrected chi connectivity index (χ2v) is 4.98. The molecule has 0 saturated heterocycles. The zero-order valence-electron chi connectivity index (χ0n) is 12.1. The summed E-state index contributed by atoms with van der Waals surface area (Å²) in [6.45, 7) is 0. The SMILES string of the molecule is O=C(Nc1ccc(F)cc1)[C@@H](Cc1ccccc1)c1nnn[n-]1. The fourth-order valence-electron chi connectivity index (χ4n) is 2.20. The van der Waals surface area contributed by atoms with E-state index in [4.69, 9.17) is 0 Å². The van der Waals surface area contributed by atoms with Crippen LogP contribution in [0.5, 0.6) is 0 Å². The lowest BCUT2D eigenvalue weighted by atomic mass is 9.97. The summed E-state index contributed by atoms with van der Waals surface area (Å²) in [5, 5.41) is 17.2. The summed E-state index contributed by atoms with van der Waals surface area (Å²) in [6, 6.07) is 15.1. The lowest BCUT2D eigenvalue weighted by Crippen LogP contribution is -2.24. The lowest BCUT2D eigenvalue weighted by molar-refractivity contribution is -0.117. The van der Waals surface area contributed by atoms with Crippen molar-refractivity contribution in [3.8, 4) is 0 Å². The molecule has 116 valence electrons. The van der Waals surface area contributed by atoms with Gasteiger partial charge in [-0.05, 0) is 36.2 Å². The highest BCUT2D eigenvalue weighted by molar-refractivity contribution is 5.95. The van der Waals surface area contributed by atoms with Gasteiger partial charge in [0.2, 0.25) is 5.91 Å². The molecule has 6 nitrogen and oxygen atoms in total. The van der Waals surface area contributed by atoms with Crippen molar-refractivity contribution in [2.45, 2.75) is 12.3 Å². The van der Waals surface area contributed by atoms with Gasteiger partial charge >= 0.3 is 0 Å². The van der Waals surface area contributed by atoms with Crippen molar-refractivity contribution >= 4 is 11.6 Å². The van der Waals surface area contributed by atoms with Crippen LogP contribution in [0.3, 0.4) is 0 Å². The molecule has 0 fully saturated rings. The summed E-state index contributed by atoms with van der Waals surface area (Å²) < 4.78 is 12.9. The summed E-state index contributed by atoms with van der Waals surface area (Å²) in [6.07, 6.45) is 0.418. The number of nitrogens with one attached hydrogen (secondary N) is 1. The first kappa shape index (κ1) is 14.8. The smallest absolute Gasteiger partial charge is 0.232 e. The Hall–Kier alpha value is -3.09. The molecule has 3 aromatic rings. The lowest BCUT2D eigenvalue weighted by Gasteiger charge is -2.17. The number of nitrogens with zero attached hydrogens (tertiary/aromatic N) is 4. The fourth-order valence-corrected chi connectivity index (χ4v) is 2.20. The van der Waals surface area contributed by atoms with Crippen molar-refractivity contribution in [3.05, 3.63) is 71.8 Å². The Morgan fingerprint density at radius 3 is 2.52 bits per heavy atom. The number of benzene rings is 2. The molecule has 0 saturated carbocycles. The molecule has 3 rings (SSSR count). The minimum Gasteiger partial charge on any atom is -0.335 e. The van der Waals surface area contributed by atoms with E-state index in [-0.39, 0.29) is 17.5 Å². The molecule has 1 atom stereocenters. The van der Waals surface area contributed by atoms with Crippen LogP contribution in [-0.4, -0.2) is 21.4 Å². The van der Waals surface area contributed by atoms with Crippen LogP contribution in [0.15, 0.2) is 54.6 Å². The van der Waals surface area contributed by atoms with Gasteiger partial charge in [0.25, 0.3) is 0 Å². The van der Waals surface area contributed by atoms with Gasteiger partial charge in [-0.25, -0.2) is 4.39 Å². The predicted octanol–water partition coefficient (Wildman–Crippen LogP) is 1.93. The number of halogens is 1. The van der Waals surface area contributed by atoms with E-state index in [1.165, 1.54) is 24.3 Å². The Morgan fingerprint density at radius 2 is 1.87 bits per heavy atom. The molecule has 0 unspecified atom stereocenters. The number of tetrazole rings is 1. The second kappa shape index (κ2) is 6.78. The minimum absolute atomic E-state index is 0.258. The molecule has 2 aromatic carbocycles. The van der Waals surface area contributed by atoms with Crippen LogP contribution in [0.1, 0.15) is 17.3 Å². The zero-order valence-corrected chi connectivity index (χ0v) is 12.1. The molecule has 23 heavy (non-hydrogen) atoms. The fraction of sp³-hybridized carbons (Fsp3) is 0.125. The molecule has 7 heteroatoms. The van der Waals surface area contributed by atoms with Gasteiger partial charge in [-0.1, -0.05) is 30.3 Å². The van der Waals surface area contributed by atoms with Crippen LogP contribution < -0.4 is 10.4 Å². The van der Waals surface area contributed by atoms with Crippen LogP contribution in [0.2, 0.25) is 0 Å². The third-order valence-corrected chi connectivity index (χ3v) is 3.36. The summed E-state index contributed by atoms with van der Waals surface area (Å²) in [7, 11) is 0. The van der Waals surface area contributed by atoms with Gasteiger partial charge in [0.1, 0.15) is 5.82 Å². The number of carbonyl (C=O) groups is 1. The van der Waals surface area contributed by atoms with Crippen LogP contribution in [0.25, 0.3) is 0 Å². The first-order chi connectivity index (χ1) is 11.2. The van der Waals surface area contributed by atoms with Crippen molar-refractivity contribution in [1.29, 1.82) is 0 Å². The Balaban J connectivity index is 1.80. The molecule has 1 amide bonds.